The molecule has 0 aliphatic carbocycles. The molecule has 0 radical (unpaired) electrons. The highest BCUT2D eigenvalue weighted by molar-refractivity contribution is 9.10. The van der Waals surface area contributed by atoms with Crippen LogP contribution in [-0.4, -0.2) is 32.2 Å². The molecule has 1 N–H and O–H groups in total. The Morgan fingerprint density at radius 1 is 1.07 bits per heavy atom. The zero-order valence-electron chi connectivity index (χ0n) is 16.1. The number of nitrogens with one attached hydrogen (secondary N) is 1. The molecule has 8 nitrogen and oxygen atoms in total. The van der Waals surface area contributed by atoms with Crippen LogP contribution in [-0.2, 0) is 11.2 Å². The molecule has 0 aliphatic heterocycles. The van der Waals surface area contributed by atoms with Crippen molar-refractivity contribution in [2.75, 3.05) is 12.4 Å². The van der Waals surface area contributed by atoms with Crippen molar-refractivity contribution in [3.8, 4) is 11.4 Å². The third-order valence-electron chi connectivity index (χ3n) is 4.60. The molecule has 0 fully saturated rings. The van der Waals surface area contributed by atoms with Gasteiger partial charge in [0.25, 0.3) is 0 Å². The van der Waals surface area contributed by atoms with E-state index in [-0.39, 0.29) is 23.5 Å². The van der Waals surface area contributed by atoms with E-state index in [9.17, 15) is 9.59 Å². The summed E-state index contributed by atoms with van der Waals surface area (Å²) < 4.78 is 9.20. The van der Waals surface area contributed by atoms with E-state index in [0.717, 1.165) is 10.2 Å². The zero-order valence-corrected chi connectivity index (χ0v) is 17.7. The predicted octanol–water partition coefficient (Wildman–Crippen LogP) is 3.22. The summed E-state index contributed by atoms with van der Waals surface area (Å²) in [5.74, 6) is 1.12. The summed E-state index contributed by atoms with van der Waals surface area (Å²) in [4.78, 5) is 25.1. The van der Waals surface area contributed by atoms with Gasteiger partial charge in [-0.05, 0) is 48.5 Å². The first kappa shape index (κ1) is 19.8. The molecule has 9 heteroatoms. The van der Waals surface area contributed by atoms with E-state index in [4.69, 9.17) is 4.74 Å². The molecular formula is C21H18BrN5O3. The van der Waals surface area contributed by atoms with Gasteiger partial charge in [-0.1, -0.05) is 15.9 Å². The largest absolute Gasteiger partial charge is 0.497 e. The van der Waals surface area contributed by atoms with Crippen LogP contribution in [0.3, 0.4) is 0 Å². The summed E-state index contributed by atoms with van der Waals surface area (Å²) in [5, 5.41) is 11.0. The number of benzene rings is 2. The Kier molecular flexibility index (Phi) is 5.62. The number of halogens is 1. The first-order chi connectivity index (χ1) is 14.5. The van der Waals surface area contributed by atoms with Crippen LogP contribution in [0.4, 0.5) is 5.69 Å². The highest BCUT2D eigenvalue weighted by Gasteiger charge is 2.13. The number of carbonyl (C=O) groups excluding carboxylic acids is 1. The van der Waals surface area contributed by atoms with Gasteiger partial charge in [-0.2, -0.15) is 0 Å². The van der Waals surface area contributed by atoms with E-state index in [1.54, 1.807) is 48.2 Å². The molecule has 30 heavy (non-hydrogen) atoms. The van der Waals surface area contributed by atoms with Crippen LogP contribution in [0, 0.1) is 0 Å². The van der Waals surface area contributed by atoms with Crippen LogP contribution >= 0.6 is 15.9 Å². The minimum Gasteiger partial charge on any atom is -0.497 e. The fourth-order valence-corrected chi connectivity index (χ4v) is 3.30. The number of hydrogen-bond donors (Lipinski definition) is 1. The van der Waals surface area contributed by atoms with Crippen molar-refractivity contribution in [2.45, 2.75) is 12.8 Å². The van der Waals surface area contributed by atoms with Gasteiger partial charge in [0.1, 0.15) is 11.6 Å². The van der Waals surface area contributed by atoms with Crippen LogP contribution in [0.5, 0.6) is 5.75 Å². The number of amides is 1. The van der Waals surface area contributed by atoms with Crippen LogP contribution in [0.15, 0.2) is 70.2 Å². The minimum absolute atomic E-state index is 0.138. The Morgan fingerprint density at radius 3 is 2.50 bits per heavy atom. The van der Waals surface area contributed by atoms with E-state index in [0.29, 0.717) is 23.7 Å². The monoisotopic (exact) mass is 467 g/mol. The molecule has 0 spiro atoms. The van der Waals surface area contributed by atoms with Crippen LogP contribution in [0.25, 0.3) is 11.3 Å². The van der Waals surface area contributed by atoms with Gasteiger partial charge in [-0.3, -0.25) is 18.6 Å². The molecule has 0 saturated heterocycles. The number of aryl methyl sites for hydroxylation is 1. The van der Waals surface area contributed by atoms with Crippen molar-refractivity contribution in [3.05, 3.63) is 81.6 Å². The molecule has 0 bridgehead atoms. The zero-order chi connectivity index (χ0) is 21.1. The van der Waals surface area contributed by atoms with Crippen molar-refractivity contribution in [2.24, 2.45) is 0 Å². The average Bonchev–Trinajstić information content (AvgIpc) is 3.18. The third-order valence-corrected chi connectivity index (χ3v) is 5.12. The molecule has 1 amide bonds. The fraction of sp³-hybridized carbons (Fsp3) is 0.143. The van der Waals surface area contributed by atoms with Crippen LogP contribution in [0.2, 0.25) is 0 Å². The number of anilines is 1. The number of ether oxygens (including phenoxy) is 1. The number of methoxy groups -OCH3 is 1. The lowest BCUT2D eigenvalue weighted by atomic mass is 10.2. The lowest BCUT2D eigenvalue weighted by Gasteiger charge is -2.08. The fourth-order valence-electron chi connectivity index (χ4n) is 3.03. The molecule has 0 saturated carbocycles. The lowest BCUT2D eigenvalue weighted by Crippen LogP contribution is -2.20. The van der Waals surface area contributed by atoms with E-state index in [1.807, 2.05) is 24.3 Å². The Bertz CT molecular complexity index is 1250. The highest BCUT2D eigenvalue weighted by Crippen LogP contribution is 2.15. The Hall–Kier alpha value is -3.46. The maximum absolute atomic E-state index is 12.8. The Morgan fingerprint density at radius 2 is 1.80 bits per heavy atom. The quantitative estimate of drug-likeness (QED) is 0.470. The second-order valence-corrected chi connectivity index (χ2v) is 7.45. The number of rotatable bonds is 6. The molecule has 2 aromatic heterocycles. The molecule has 0 aliphatic rings. The normalized spacial score (nSPS) is 10.9. The van der Waals surface area contributed by atoms with Gasteiger partial charge >= 0.3 is 5.56 Å². The first-order valence-corrected chi connectivity index (χ1v) is 9.99. The molecule has 2 heterocycles. The molecular weight excluding hydrogens is 450 g/mol. The molecule has 4 rings (SSSR count). The summed E-state index contributed by atoms with van der Waals surface area (Å²) >= 11 is 3.36. The summed E-state index contributed by atoms with van der Waals surface area (Å²) in [6, 6.07) is 14.5. The highest BCUT2D eigenvalue weighted by atomic mass is 79.9. The topological polar surface area (TPSA) is 90.5 Å². The second kappa shape index (κ2) is 8.50. The number of nitrogens with zero attached hydrogens (tertiary/aromatic N) is 4. The second-order valence-electron chi connectivity index (χ2n) is 6.54. The van der Waals surface area contributed by atoms with Crippen molar-refractivity contribution >= 4 is 33.2 Å². The number of fused-ring (bicyclic) bond motifs is 1. The number of hydrogen-bond acceptors (Lipinski definition) is 5. The van der Waals surface area contributed by atoms with Crippen molar-refractivity contribution < 1.29 is 9.53 Å². The maximum Gasteiger partial charge on any atom is 0.300 e. The Balaban J connectivity index is 1.50. The van der Waals surface area contributed by atoms with Crippen LogP contribution < -0.4 is 15.6 Å². The molecule has 152 valence electrons. The minimum atomic E-state index is -0.291. The van der Waals surface area contributed by atoms with Crippen molar-refractivity contribution in [1.82, 2.24) is 19.2 Å². The van der Waals surface area contributed by atoms with Crippen molar-refractivity contribution in [3.63, 3.8) is 0 Å². The summed E-state index contributed by atoms with van der Waals surface area (Å²) in [6.45, 7) is 0. The number of carbonyl (C=O) groups is 1. The summed E-state index contributed by atoms with van der Waals surface area (Å²) in [6.07, 6.45) is 3.96. The van der Waals surface area contributed by atoms with E-state index in [1.165, 1.54) is 4.57 Å². The van der Waals surface area contributed by atoms with Gasteiger partial charge in [-0.25, -0.2) is 0 Å². The summed E-state index contributed by atoms with van der Waals surface area (Å²) in [5.41, 5.74) is 1.33. The van der Waals surface area contributed by atoms with E-state index < -0.39 is 0 Å². The van der Waals surface area contributed by atoms with Gasteiger partial charge in [0, 0.05) is 41.1 Å². The van der Waals surface area contributed by atoms with Gasteiger partial charge in [0.05, 0.1) is 7.11 Å². The maximum atomic E-state index is 12.8. The van der Waals surface area contributed by atoms with Gasteiger partial charge in [-0.15, -0.1) is 10.2 Å². The van der Waals surface area contributed by atoms with Gasteiger partial charge in [0.15, 0.2) is 0 Å². The average molecular weight is 468 g/mol. The van der Waals surface area contributed by atoms with E-state index in [2.05, 4.69) is 31.4 Å². The lowest BCUT2D eigenvalue weighted by molar-refractivity contribution is -0.116. The molecule has 4 aromatic rings. The van der Waals surface area contributed by atoms with Gasteiger partial charge in [0.2, 0.25) is 11.6 Å². The van der Waals surface area contributed by atoms with Crippen molar-refractivity contribution in [1.29, 1.82) is 0 Å². The SMILES string of the molecule is COc1ccc(-n2ccn3c(CCC(=O)Nc4ccc(Br)cc4)nnc3c2=O)cc1. The third kappa shape index (κ3) is 4.11. The van der Waals surface area contributed by atoms with Gasteiger partial charge < -0.3 is 10.1 Å². The van der Waals surface area contributed by atoms with E-state index >= 15 is 0 Å². The first-order valence-electron chi connectivity index (χ1n) is 9.20. The summed E-state index contributed by atoms with van der Waals surface area (Å²) in [7, 11) is 1.59. The molecule has 0 unspecified atom stereocenters. The molecule has 0 atom stereocenters. The number of aromatic nitrogens is 4. The predicted molar refractivity (Wildman–Crippen MR) is 116 cm³/mol. The smallest absolute Gasteiger partial charge is 0.300 e. The Labute approximate surface area is 180 Å². The van der Waals surface area contributed by atoms with Crippen LogP contribution in [0.1, 0.15) is 12.2 Å². The molecule has 2 aromatic carbocycles. The standard InChI is InChI=1S/C21H18BrN5O3/c1-30-17-8-6-16(7-9-17)26-12-13-27-18(24-25-20(27)21(26)29)10-11-19(28)23-15-4-2-14(22)3-5-15/h2-9,12-13H,10-11H2,1H3,(H,23,28).